The summed E-state index contributed by atoms with van der Waals surface area (Å²) in [6.07, 6.45) is 4.07. The van der Waals surface area contributed by atoms with Crippen LogP contribution in [0.3, 0.4) is 0 Å². The second kappa shape index (κ2) is 10.7. The van der Waals surface area contributed by atoms with Crippen molar-refractivity contribution in [2.24, 2.45) is 12.0 Å². The number of nitrogens with one attached hydrogen (secondary N) is 3. The minimum absolute atomic E-state index is 0. The van der Waals surface area contributed by atoms with E-state index in [1.54, 1.807) is 30.1 Å². The van der Waals surface area contributed by atoms with Crippen LogP contribution in [0, 0.1) is 5.82 Å². The number of guanidine groups is 1. The monoisotopic (exact) mass is 498 g/mol. The maximum atomic E-state index is 12.9. The number of benzene rings is 1. The fraction of sp³-hybridized carbons (Fsp3) is 0.333. The van der Waals surface area contributed by atoms with E-state index in [0.717, 1.165) is 28.8 Å². The lowest BCUT2D eigenvalue weighted by Crippen LogP contribution is -2.40. The summed E-state index contributed by atoms with van der Waals surface area (Å²) in [6, 6.07) is 6.52. The quantitative estimate of drug-likeness (QED) is 0.200. The van der Waals surface area contributed by atoms with E-state index in [1.165, 1.54) is 18.5 Å². The molecule has 28 heavy (non-hydrogen) atoms. The highest BCUT2D eigenvalue weighted by Gasteiger charge is 2.07. The number of anilines is 1. The van der Waals surface area contributed by atoms with Gasteiger partial charge >= 0.3 is 0 Å². The van der Waals surface area contributed by atoms with Gasteiger partial charge in [0.1, 0.15) is 18.0 Å². The Hall–Kier alpha value is -2.50. The smallest absolute Gasteiger partial charge is 0.191 e. The molecule has 150 valence electrons. The van der Waals surface area contributed by atoms with Crippen LogP contribution in [-0.2, 0) is 13.5 Å². The van der Waals surface area contributed by atoms with Crippen molar-refractivity contribution in [3.63, 3.8) is 0 Å². The average molecular weight is 498 g/mol. The summed E-state index contributed by atoms with van der Waals surface area (Å²) in [5.41, 5.74) is 1.86. The van der Waals surface area contributed by atoms with Crippen LogP contribution >= 0.6 is 24.0 Å². The van der Waals surface area contributed by atoms with E-state index >= 15 is 0 Å². The van der Waals surface area contributed by atoms with Gasteiger partial charge in [0, 0.05) is 33.7 Å². The van der Waals surface area contributed by atoms with Gasteiger partial charge in [0.25, 0.3) is 0 Å². The standard InChI is InChI=1S/C18H23FN8.HI/c1-20-18(22-8-7-13-3-5-14(19)6-4-13)23-10-9-21-16-15-11-26-27(2)17(15)25-12-24-16;/h3-6,11-12H,7-10H2,1-2H3,(H2,20,22,23)(H,21,24,25);1H. The van der Waals surface area contributed by atoms with E-state index in [0.29, 0.717) is 25.6 Å². The van der Waals surface area contributed by atoms with Gasteiger partial charge in [0.2, 0.25) is 0 Å². The van der Waals surface area contributed by atoms with Gasteiger partial charge in [-0.15, -0.1) is 24.0 Å². The Morgan fingerprint density at radius 3 is 2.61 bits per heavy atom. The molecule has 0 aliphatic rings. The summed E-state index contributed by atoms with van der Waals surface area (Å²) >= 11 is 0. The second-order valence-electron chi connectivity index (χ2n) is 5.96. The largest absolute Gasteiger partial charge is 0.368 e. The number of aryl methyl sites for hydroxylation is 1. The van der Waals surface area contributed by atoms with Gasteiger partial charge in [0.15, 0.2) is 11.6 Å². The van der Waals surface area contributed by atoms with E-state index in [2.05, 4.69) is 36.0 Å². The lowest BCUT2D eigenvalue weighted by Gasteiger charge is -2.12. The molecule has 2 aromatic heterocycles. The molecule has 0 bridgehead atoms. The molecule has 0 atom stereocenters. The van der Waals surface area contributed by atoms with Crippen molar-refractivity contribution in [1.29, 1.82) is 0 Å². The molecule has 0 fully saturated rings. The lowest BCUT2D eigenvalue weighted by atomic mass is 10.1. The zero-order chi connectivity index (χ0) is 19.1. The molecule has 8 nitrogen and oxygen atoms in total. The lowest BCUT2D eigenvalue weighted by molar-refractivity contribution is 0.626. The molecule has 3 aromatic rings. The first-order chi connectivity index (χ1) is 13.2. The first-order valence-electron chi connectivity index (χ1n) is 8.73. The number of aliphatic imine (C=N–C) groups is 1. The summed E-state index contributed by atoms with van der Waals surface area (Å²) in [5, 5.41) is 14.9. The third-order valence-corrected chi connectivity index (χ3v) is 4.08. The van der Waals surface area contributed by atoms with Crippen molar-refractivity contribution >= 4 is 46.8 Å². The van der Waals surface area contributed by atoms with Gasteiger partial charge in [-0.05, 0) is 24.1 Å². The third kappa shape index (κ3) is 5.75. The Labute approximate surface area is 180 Å². The molecular weight excluding hydrogens is 474 g/mol. The number of halogens is 2. The number of aromatic nitrogens is 4. The number of nitrogens with zero attached hydrogens (tertiary/aromatic N) is 5. The van der Waals surface area contributed by atoms with Crippen molar-refractivity contribution in [2.45, 2.75) is 6.42 Å². The van der Waals surface area contributed by atoms with E-state index in [9.17, 15) is 4.39 Å². The molecule has 3 N–H and O–H groups in total. The van der Waals surface area contributed by atoms with Gasteiger partial charge in [0.05, 0.1) is 11.6 Å². The van der Waals surface area contributed by atoms with Crippen LogP contribution in [0.25, 0.3) is 11.0 Å². The van der Waals surface area contributed by atoms with Gasteiger partial charge in [-0.2, -0.15) is 5.10 Å². The maximum Gasteiger partial charge on any atom is 0.191 e. The highest BCUT2D eigenvalue weighted by molar-refractivity contribution is 14.0. The highest BCUT2D eigenvalue weighted by Crippen LogP contribution is 2.16. The van der Waals surface area contributed by atoms with Crippen molar-refractivity contribution in [1.82, 2.24) is 30.4 Å². The molecule has 0 aliphatic heterocycles. The topological polar surface area (TPSA) is 92.1 Å². The summed E-state index contributed by atoms with van der Waals surface area (Å²) in [6.45, 7) is 2.04. The SMILES string of the molecule is CN=C(NCCNc1ncnc2c1cnn2C)NCCc1ccc(F)cc1.I. The predicted octanol–water partition coefficient (Wildman–Crippen LogP) is 1.94. The Bertz CT molecular complexity index is 910. The summed E-state index contributed by atoms with van der Waals surface area (Å²) in [5.74, 6) is 1.26. The Balaban J connectivity index is 0.00000280. The van der Waals surface area contributed by atoms with Crippen LogP contribution in [0.4, 0.5) is 10.2 Å². The normalized spacial score (nSPS) is 11.2. The first-order valence-corrected chi connectivity index (χ1v) is 8.73. The number of rotatable bonds is 7. The van der Waals surface area contributed by atoms with Crippen molar-refractivity contribution in [3.8, 4) is 0 Å². The van der Waals surface area contributed by atoms with Gasteiger partial charge < -0.3 is 16.0 Å². The maximum absolute atomic E-state index is 12.9. The van der Waals surface area contributed by atoms with Gasteiger partial charge in [-0.3, -0.25) is 9.67 Å². The molecule has 2 heterocycles. The molecule has 3 rings (SSSR count). The zero-order valence-corrected chi connectivity index (χ0v) is 18.1. The van der Waals surface area contributed by atoms with Crippen LogP contribution in [-0.4, -0.2) is 52.4 Å². The number of fused-ring (bicyclic) bond motifs is 1. The molecule has 0 radical (unpaired) electrons. The Morgan fingerprint density at radius 2 is 1.86 bits per heavy atom. The van der Waals surface area contributed by atoms with Crippen molar-refractivity contribution < 1.29 is 4.39 Å². The molecule has 0 saturated carbocycles. The Kier molecular flexibility index (Phi) is 8.36. The van der Waals surface area contributed by atoms with Crippen LogP contribution in [0.5, 0.6) is 0 Å². The fourth-order valence-corrected chi connectivity index (χ4v) is 2.66. The molecule has 1 aromatic carbocycles. The molecule has 0 spiro atoms. The van der Waals surface area contributed by atoms with Crippen LogP contribution in [0.1, 0.15) is 5.56 Å². The molecular formula is C18H24FIN8. The van der Waals surface area contributed by atoms with Crippen LogP contribution < -0.4 is 16.0 Å². The average Bonchev–Trinajstić information content (AvgIpc) is 3.07. The summed E-state index contributed by atoms with van der Waals surface area (Å²) in [4.78, 5) is 12.7. The minimum atomic E-state index is -0.219. The van der Waals surface area contributed by atoms with Crippen molar-refractivity contribution in [3.05, 3.63) is 48.2 Å². The third-order valence-electron chi connectivity index (χ3n) is 4.08. The second-order valence-corrected chi connectivity index (χ2v) is 5.96. The van der Waals surface area contributed by atoms with E-state index < -0.39 is 0 Å². The molecule has 0 aliphatic carbocycles. The molecule has 0 saturated heterocycles. The predicted molar refractivity (Wildman–Crippen MR) is 120 cm³/mol. The van der Waals surface area contributed by atoms with Gasteiger partial charge in [-0.25, -0.2) is 14.4 Å². The van der Waals surface area contributed by atoms with Gasteiger partial charge in [-0.1, -0.05) is 12.1 Å². The minimum Gasteiger partial charge on any atom is -0.368 e. The number of hydrogen-bond acceptors (Lipinski definition) is 5. The Morgan fingerprint density at radius 1 is 1.11 bits per heavy atom. The van der Waals surface area contributed by atoms with Crippen LogP contribution in [0.15, 0.2) is 41.8 Å². The van der Waals surface area contributed by atoms with E-state index in [-0.39, 0.29) is 29.8 Å². The molecule has 0 amide bonds. The van der Waals surface area contributed by atoms with E-state index in [1.807, 2.05) is 7.05 Å². The fourth-order valence-electron chi connectivity index (χ4n) is 2.66. The number of hydrogen-bond donors (Lipinski definition) is 3. The van der Waals surface area contributed by atoms with Crippen molar-refractivity contribution in [2.75, 3.05) is 32.0 Å². The summed E-state index contributed by atoms with van der Waals surface area (Å²) < 4.78 is 14.6. The highest BCUT2D eigenvalue weighted by atomic mass is 127. The zero-order valence-electron chi connectivity index (χ0n) is 15.8. The molecule has 10 heteroatoms. The molecule has 0 unspecified atom stereocenters. The summed E-state index contributed by atoms with van der Waals surface area (Å²) in [7, 11) is 3.58. The van der Waals surface area contributed by atoms with Crippen LogP contribution in [0.2, 0.25) is 0 Å². The van der Waals surface area contributed by atoms with E-state index in [4.69, 9.17) is 0 Å². The first kappa shape index (κ1) is 21.8.